The van der Waals surface area contributed by atoms with Crippen molar-refractivity contribution in [2.45, 2.75) is 38.1 Å². The average molecular weight is 295 g/mol. The summed E-state index contributed by atoms with van der Waals surface area (Å²) in [6, 6.07) is 6.24. The third kappa shape index (κ3) is 4.64. The van der Waals surface area contributed by atoms with E-state index in [2.05, 4.69) is 16.6 Å². The van der Waals surface area contributed by atoms with E-state index in [0.717, 1.165) is 6.42 Å². The predicted octanol–water partition coefficient (Wildman–Crippen LogP) is 1.74. The lowest BCUT2D eigenvalue weighted by atomic mass is 10.0. The fourth-order valence-corrected chi connectivity index (χ4v) is 3.29. The molecular weight excluding hydrogens is 274 g/mol. The van der Waals surface area contributed by atoms with Gasteiger partial charge in [0.25, 0.3) is 0 Å². The Kier molecular flexibility index (Phi) is 6.21. The molecule has 0 saturated carbocycles. The number of benzene rings is 1. The summed E-state index contributed by atoms with van der Waals surface area (Å²) in [5.41, 5.74) is 0.675. The highest BCUT2D eigenvalue weighted by Gasteiger charge is 2.20. The van der Waals surface area contributed by atoms with Gasteiger partial charge in [-0.05, 0) is 36.6 Å². The predicted molar refractivity (Wildman–Crippen MR) is 79.6 cm³/mol. The first-order valence-electron chi connectivity index (χ1n) is 6.62. The number of hydrogen-bond donors (Lipinski definition) is 2. The van der Waals surface area contributed by atoms with Gasteiger partial charge in [-0.15, -0.1) is 0 Å². The molecule has 5 heteroatoms. The summed E-state index contributed by atoms with van der Waals surface area (Å²) in [5.74, 6) is 5.49. The van der Waals surface area contributed by atoms with E-state index in [1.807, 2.05) is 20.8 Å². The molecule has 0 heterocycles. The first kappa shape index (κ1) is 16.7. The van der Waals surface area contributed by atoms with Crippen LogP contribution in [-0.4, -0.2) is 26.2 Å². The van der Waals surface area contributed by atoms with E-state index in [4.69, 9.17) is 5.11 Å². The molecule has 0 aliphatic heterocycles. The maximum Gasteiger partial charge on any atom is 0.240 e. The SMILES string of the molecule is CCC(NS(=O)(=O)c1ccc(C#CCO)cc1)C(C)C. The van der Waals surface area contributed by atoms with Gasteiger partial charge in [-0.1, -0.05) is 32.6 Å². The minimum absolute atomic E-state index is 0.0751. The highest BCUT2D eigenvalue weighted by Crippen LogP contribution is 2.14. The number of aliphatic hydroxyl groups is 1. The zero-order valence-corrected chi connectivity index (χ0v) is 12.9. The van der Waals surface area contributed by atoms with Crippen LogP contribution in [0.15, 0.2) is 29.2 Å². The van der Waals surface area contributed by atoms with Crippen molar-refractivity contribution in [2.75, 3.05) is 6.61 Å². The smallest absolute Gasteiger partial charge is 0.240 e. The van der Waals surface area contributed by atoms with Crippen LogP contribution in [-0.2, 0) is 10.0 Å². The summed E-state index contributed by atoms with van der Waals surface area (Å²) in [6.45, 7) is 5.73. The minimum Gasteiger partial charge on any atom is -0.384 e. The van der Waals surface area contributed by atoms with Crippen LogP contribution in [0.5, 0.6) is 0 Å². The summed E-state index contributed by atoms with van der Waals surface area (Å²) in [6.07, 6.45) is 0.747. The van der Waals surface area contributed by atoms with Gasteiger partial charge in [-0.3, -0.25) is 0 Å². The third-order valence-electron chi connectivity index (χ3n) is 3.03. The van der Waals surface area contributed by atoms with Gasteiger partial charge in [-0.2, -0.15) is 0 Å². The molecule has 110 valence electrons. The number of nitrogens with one attached hydrogen (secondary N) is 1. The Hall–Kier alpha value is -1.35. The van der Waals surface area contributed by atoms with Gasteiger partial charge < -0.3 is 5.11 Å². The van der Waals surface area contributed by atoms with E-state index < -0.39 is 10.0 Å². The molecule has 0 aromatic heterocycles. The summed E-state index contributed by atoms with van der Waals surface area (Å²) in [4.78, 5) is 0.228. The molecule has 1 unspecified atom stereocenters. The van der Waals surface area contributed by atoms with Gasteiger partial charge in [0, 0.05) is 11.6 Å². The van der Waals surface area contributed by atoms with Gasteiger partial charge in [0.05, 0.1) is 4.90 Å². The van der Waals surface area contributed by atoms with Crippen LogP contribution >= 0.6 is 0 Å². The third-order valence-corrected chi connectivity index (χ3v) is 4.53. The molecule has 0 fully saturated rings. The molecule has 0 radical (unpaired) electrons. The van der Waals surface area contributed by atoms with E-state index in [9.17, 15) is 8.42 Å². The van der Waals surface area contributed by atoms with Crippen LogP contribution in [0.3, 0.4) is 0 Å². The fourth-order valence-electron chi connectivity index (χ4n) is 1.82. The Morgan fingerprint density at radius 3 is 2.30 bits per heavy atom. The Labute approximate surface area is 121 Å². The van der Waals surface area contributed by atoms with Gasteiger partial charge in [0.2, 0.25) is 10.0 Å². The van der Waals surface area contributed by atoms with Crippen molar-refractivity contribution in [3.8, 4) is 11.8 Å². The van der Waals surface area contributed by atoms with Crippen molar-refractivity contribution in [3.05, 3.63) is 29.8 Å². The van der Waals surface area contributed by atoms with Crippen LogP contribution in [0.4, 0.5) is 0 Å². The Balaban J connectivity index is 2.93. The van der Waals surface area contributed by atoms with Crippen LogP contribution in [0.2, 0.25) is 0 Å². The maximum absolute atomic E-state index is 12.2. The number of hydrogen-bond acceptors (Lipinski definition) is 3. The molecule has 0 saturated heterocycles. The normalized spacial score (nSPS) is 12.8. The van der Waals surface area contributed by atoms with Gasteiger partial charge >= 0.3 is 0 Å². The fraction of sp³-hybridized carbons (Fsp3) is 0.467. The van der Waals surface area contributed by atoms with Crippen LogP contribution < -0.4 is 4.72 Å². The first-order chi connectivity index (χ1) is 9.40. The average Bonchev–Trinajstić information content (AvgIpc) is 2.42. The van der Waals surface area contributed by atoms with Crippen molar-refractivity contribution in [2.24, 2.45) is 5.92 Å². The lowest BCUT2D eigenvalue weighted by Crippen LogP contribution is -2.37. The van der Waals surface area contributed by atoms with Crippen molar-refractivity contribution in [3.63, 3.8) is 0 Å². The molecule has 0 spiro atoms. The van der Waals surface area contributed by atoms with Crippen molar-refractivity contribution in [1.29, 1.82) is 0 Å². The Morgan fingerprint density at radius 2 is 1.85 bits per heavy atom. The topological polar surface area (TPSA) is 66.4 Å². The molecule has 2 N–H and O–H groups in total. The summed E-state index contributed by atoms with van der Waals surface area (Å²) in [5, 5.41) is 8.61. The molecule has 4 nitrogen and oxygen atoms in total. The molecule has 0 aliphatic carbocycles. The summed E-state index contributed by atoms with van der Waals surface area (Å²) in [7, 11) is -3.50. The summed E-state index contributed by atoms with van der Waals surface area (Å²) < 4.78 is 27.2. The lowest BCUT2D eigenvalue weighted by molar-refractivity contribution is 0.350. The molecule has 1 atom stereocenters. The summed E-state index contributed by atoms with van der Waals surface area (Å²) >= 11 is 0. The number of sulfonamides is 1. The minimum atomic E-state index is -3.50. The monoisotopic (exact) mass is 295 g/mol. The molecule has 20 heavy (non-hydrogen) atoms. The number of aliphatic hydroxyl groups excluding tert-OH is 1. The molecule has 1 aromatic rings. The standard InChI is InChI=1S/C15H21NO3S/c1-4-15(12(2)3)16-20(18,19)14-9-7-13(8-10-14)6-5-11-17/h7-10,12,15-17H,4,11H2,1-3H3. The van der Waals surface area contributed by atoms with E-state index in [1.54, 1.807) is 12.1 Å². The van der Waals surface area contributed by atoms with Crippen LogP contribution in [0.25, 0.3) is 0 Å². The number of rotatable bonds is 5. The Morgan fingerprint density at radius 1 is 1.25 bits per heavy atom. The van der Waals surface area contributed by atoms with Crippen molar-refractivity contribution >= 4 is 10.0 Å². The van der Waals surface area contributed by atoms with Gasteiger partial charge in [0.15, 0.2) is 0 Å². The zero-order chi connectivity index (χ0) is 15.2. The van der Waals surface area contributed by atoms with Crippen LogP contribution in [0.1, 0.15) is 32.8 Å². The second kappa shape index (κ2) is 7.44. The second-order valence-electron chi connectivity index (χ2n) is 4.86. The van der Waals surface area contributed by atoms with E-state index >= 15 is 0 Å². The Bertz CT molecular complexity index is 580. The maximum atomic E-state index is 12.2. The quantitative estimate of drug-likeness (QED) is 0.813. The van der Waals surface area contributed by atoms with E-state index in [-0.39, 0.29) is 23.5 Å². The molecule has 0 amide bonds. The van der Waals surface area contributed by atoms with E-state index in [1.165, 1.54) is 12.1 Å². The van der Waals surface area contributed by atoms with Gasteiger partial charge in [0.1, 0.15) is 6.61 Å². The molecule has 1 aromatic carbocycles. The van der Waals surface area contributed by atoms with Crippen molar-refractivity contribution in [1.82, 2.24) is 4.72 Å². The highest BCUT2D eigenvalue weighted by atomic mass is 32.2. The molecule has 0 aliphatic rings. The van der Waals surface area contributed by atoms with E-state index in [0.29, 0.717) is 5.56 Å². The van der Waals surface area contributed by atoms with Crippen molar-refractivity contribution < 1.29 is 13.5 Å². The largest absolute Gasteiger partial charge is 0.384 e. The molecule has 1 rings (SSSR count). The van der Waals surface area contributed by atoms with Gasteiger partial charge in [-0.25, -0.2) is 13.1 Å². The molecule has 0 bridgehead atoms. The van der Waals surface area contributed by atoms with Crippen LogP contribution in [0, 0.1) is 17.8 Å². The molecular formula is C15H21NO3S. The highest BCUT2D eigenvalue weighted by molar-refractivity contribution is 7.89. The zero-order valence-electron chi connectivity index (χ0n) is 12.1. The second-order valence-corrected chi connectivity index (χ2v) is 6.58. The lowest BCUT2D eigenvalue weighted by Gasteiger charge is -2.20. The first-order valence-corrected chi connectivity index (χ1v) is 8.11.